The molecule has 1 fully saturated rings. The van der Waals surface area contributed by atoms with Gasteiger partial charge in [0, 0.05) is 24.8 Å². The van der Waals surface area contributed by atoms with Crippen LogP contribution < -0.4 is 14.8 Å². The quantitative estimate of drug-likeness (QED) is 0.248. The summed E-state index contributed by atoms with van der Waals surface area (Å²) in [5, 5.41) is 13.6. The van der Waals surface area contributed by atoms with E-state index in [2.05, 4.69) is 58.7 Å². The largest absolute Gasteiger partial charge is 0.508 e. The van der Waals surface area contributed by atoms with Crippen LogP contribution >= 0.6 is 0 Å². The molecule has 2 aliphatic rings. The molecule has 1 aliphatic carbocycles. The number of rotatable bonds is 11. The zero-order chi connectivity index (χ0) is 27.6. The molecular weight excluding hydrogens is 496 g/mol. The summed E-state index contributed by atoms with van der Waals surface area (Å²) in [5.74, 6) is 2.68. The minimum atomic E-state index is 0.365. The number of methoxy groups -OCH3 is 1. The van der Waals surface area contributed by atoms with Crippen molar-refractivity contribution in [3.63, 3.8) is 0 Å². The first-order chi connectivity index (χ1) is 19.7. The van der Waals surface area contributed by atoms with Crippen LogP contribution in [-0.2, 0) is 19.3 Å². The molecule has 3 aromatic carbocycles. The highest BCUT2D eigenvalue weighted by atomic mass is 16.5. The lowest BCUT2D eigenvalue weighted by molar-refractivity contribution is 0.195. The molecule has 5 rings (SSSR count). The summed E-state index contributed by atoms with van der Waals surface area (Å²) in [5.41, 5.74) is 6.51. The van der Waals surface area contributed by atoms with Gasteiger partial charge in [-0.15, -0.1) is 0 Å². The van der Waals surface area contributed by atoms with E-state index in [0.717, 1.165) is 63.3 Å². The Labute approximate surface area is 240 Å². The third-order valence-electron chi connectivity index (χ3n) is 8.62. The highest BCUT2D eigenvalue weighted by Crippen LogP contribution is 2.38. The lowest BCUT2D eigenvalue weighted by Crippen LogP contribution is -2.31. The zero-order valence-electron chi connectivity index (χ0n) is 24.2. The molecule has 5 heteroatoms. The van der Waals surface area contributed by atoms with Gasteiger partial charge < -0.3 is 19.9 Å². The van der Waals surface area contributed by atoms with E-state index in [1.54, 1.807) is 7.11 Å². The number of fused-ring (bicyclic) bond motifs is 1. The molecule has 0 bridgehead atoms. The molecule has 0 amide bonds. The molecule has 1 atom stereocenters. The van der Waals surface area contributed by atoms with E-state index >= 15 is 0 Å². The Balaban J connectivity index is 1.09. The number of likely N-dealkylation sites (tertiary alicyclic amines) is 1. The topological polar surface area (TPSA) is 54.0 Å². The molecule has 3 aromatic rings. The fraction of sp³-hybridized carbons (Fsp3) is 0.486. The number of aromatic hydroxyl groups is 1. The summed E-state index contributed by atoms with van der Waals surface area (Å²) in [4.78, 5) is 2.56. The van der Waals surface area contributed by atoms with Crippen LogP contribution in [0.5, 0.6) is 17.2 Å². The van der Waals surface area contributed by atoms with Crippen molar-refractivity contribution >= 4 is 5.69 Å². The van der Waals surface area contributed by atoms with Crippen molar-refractivity contribution in [3.05, 3.63) is 82.9 Å². The molecule has 1 aliphatic heterocycles. The van der Waals surface area contributed by atoms with Crippen molar-refractivity contribution in [3.8, 4) is 17.2 Å². The average molecular weight is 543 g/mol. The van der Waals surface area contributed by atoms with Crippen LogP contribution in [0.4, 0.5) is 5.69 Å². The molecule has 1 heterocycles. The molecule has 5 nitrogen and oxygen atoms in total. The SMILES string of the molecule is COc1ccc([C@H]2CCc3cc(O)ccc3C2)c(NCCCc2ccc(OCCN3CCCCCCC3)cc2)c1. The summed E-state index contributed by atoms with van der Waals surface area (Å²) < 4.78 is 11.6. The average Bonchev–Trinajstić information content (AvgIpc) is 2.96. The maximum absolute atomic E-state index is 9.85. The van der Waals surface area contributed by atoms with Crippen LogP contribution in [0, 0.1) is 0 Å². The third kappa shape index (κ3) is 7.94. The van der Waals surface area contributed by atoms with E-state index in [-0.39, 0.29) is 0 Å². The first-order valence-electron chi connectivity index (χ1n) is 15.3. The van der Waals surface area contributed by atoms with E-state index in [1.165, 1.54) is 73.1 Å². The van der Waals surface area contributed by atoms with E-state index in [1.807, 2.05) is 12.1 Å². The Kier molecular flexibility index (Phi) is 10.2. The summed E-state index contributed by atoms with van der Waals surface area (Å²) >= 11 is 0. The van der Waals surface area contributed by atoms with Gasteiger partial charge in [0.25, 0.3) is 0 Å². The monoisotopic (exact) mass is 542 g/mol. The van der Waals surface area contributed by atoms with Gasteiger partial charge in [0.15, 0.2) is 0 Å². The van der Waals surface area contributed by atoms with Gasteiger partial charge in [-0.1, -0.05) is 43.5 Å². The number of anilines is 1. The third-order valence-corrected chi connectivity index (χ3v) is 8.62. The predicted molar refractivity (Wildman–Crippen MR) is 164 cm³/mol. The number of aryl methyl sites for hydroxylation is 2. The summed E-state index contributed by atoms with van der Waals surface area (Å²) in [6.45, 7) is 5.13. The number of ether oxygens (including phenoxy) is 2. The molecule has 1 saturated heterocycles. The van der Waals surface area contributed by atoms with Gasteiger partial charge in [0.05, 0.1) is 7.11 Å². The van der Waals surface area contributed by atoms with Crippen molar-refractivity contribution in [2.24, 2.45) is 0 Å². The number of hydrogen-bond donors (Lipinski definition) is 2. The Morgan fingerprint density at radius 3 is 2.45 bits per heavy atom. The molecule has 214 valence electrons. The normalized spacial score (nSPS) is 17.9. The Morgan fingerprint density at radius 1 is 0.875 bits per heavy atom. The summed E-state index contributed by atoms with van der Waals surface area (Å²) in [7, 11) is 1.73. The second kappa shape index (κ2) is 14.5. The van der Waals surface area contributed by atoms with Crippen molar-refractivity contribution in [2.45, 2.75) is 70.1 Å². The molecule has 40 heavy (non-hydrogen) atoms. The van der Waals surface area contributed by atoms with Crippen LogP contribution in [0.15, 0.2) is 60.7 Å². The molecule has 0 radical (unpaired) electrons. The summed E-state index contributed by atoms with van der Waals surface area (Å²) in [6, 6.07) is 20.9. The second-order valence-electron chi connectivity index (χ2n) is 11.5. The first kappa shape index (κ1) is 28.4. The van der Waals surface area contributed by atoms with Gasteiger partial charge in [-0.25, -0.2) is 0 Å². The lowest BCUT2D eigenvalue weighted by Gasteiger charge is -2.27. The lowest BCUT2D eigenvalue weighted by atomic mass is 9.79. The van der Waals surface area contributed by atoms with Gasteiger partial charge in [-0.3, -0.25) is 4.90 Å². The van der Waals surface area contributed by atoms with Crippen molar-refractivity contribution in [2.75, 3.05) is 45.2 Å². The minimum absolute atomic E-state index is 0.365. The predicted octanol–water partition coefficient (Wildman–Crippen LogP) is 7.36. The molecule has 0 aromatic heterocycles. The fourth-order valence-electron chi connectivity index (χ4n) is 6.28. The summed E-state index contributed by atoms with van der Waals surface area (Å²) in [6.07, 6.45) is 12.0. The maximum Gasteiger partial charge on any atom is 0.120 e. The Morgan fingerprint density at radius 2 is 1.65 bits per heavy atom. The van der Waals surface area contributed by atoms with Gasteiger partial charge in [0.1, 0.15) is 23.9 Å². The van der Waals surface area contributed by atoms with E-state index in [0.29, 0.717) is 11.7 Å². The smallest absolute Gasteiger partial charge is 0.120 e. The van der Waals surface area contributed by atoms with E-state index in [9.17, 15) is 5.11 Å². The number of benzene rings is 3. The number of phenolic OH excluding ortho intramolecular Hbond substituents is 1. The van der Waals surface area contributed by atoms with E-state index < -0.39 is 0 Å². The molecule has 0 unspecified atom stereocenters. The zero-order valence-corrected chi connectivity index (χ0v) is 24.2. The highest BCUT2D eigenvalue weighted by Gasteiger charge is 2.23. The van der Waals surface area contributed by atoms with Crippen LogP contribution in [0.2, 0.25) is 0 Å². The van der Waals surface area contributed by atoms with Crippen molar-refractivity contribution in [1.29, 1.82) is 0 Å². The van der Waals surface area contributed by atoms with Crippen molar-refractivity contribution in [1.82, 2.24) is 4.90 Å². The molecule has 0 saturated carbocycles. The van der Waals surface area contributed by atoms with Gasteiger partial charge in [0.2, 0.25) is 0 Å². The molecular formula is C35H46N2O3. The van der Waals surface area contributed by atoms with Crippen LogP contribution in [0.3, 0.4) is 0 Å². The minimum Gasteiger partial charge on any atom is -0.508 e. The molecule has 0 spiro atoms. The number of hydrogen-bond acceptors (Lipinski definition) is 5. The van der Waals surface area contributed by atoms with Crippen LogP contribution in [-0.4, -0.2) is 49.9 Å². The number of nitrogens with one attached hydrogen (secondary N) is 1. The standard InChI is InChI=1S/C35H46N2O3/c1-39-33-17-18-34(30-12-11-29-25-31(38)14-13-28(29)24-30)35(26-33)36-19-7-8-27-9-15-32(16-10-27)40-23-22-37-20-5-3-2-4-6-21-37/h9-10,13-18,25-26,30,36,38H,2-8,11-12,19-24H2,1H3/t30-/m0/s1. The van der Waals surface area contributed by atoms with Crippen LogP contribution in [0.25, 0.3) is 0 Å². The fourth-order valence-corrected chi connectivity index (χ4v) is 6.28. The molecule has 2 N–H and O–H groups in total. The van der Waals surface area contributed by atoms with Gasteiger partial charge in [-0.05, 0) is 117 Å². The maximum atomic E-state index is 9.85. The second-order valence-corrected chi connectivity index (χ2v) is 11.5. The highest BCUT2D eigenvalue weighted by molar-refractivity contribution is 5.57. The Bertz CT molecular complexity index is 1200. The number of phenols is 1. The first-order valence-corrected chi connectivity index (χ1v) is 15.3. The van der Waals surface area contributed by atoms with Gasteiger partial charge >= 0.3 is 0 Å². The number of nitrogens with zero attached hydrogens (tertiary/aromatic N) is 1. The Hall–Kier alpha value is -3.18. The van der Waals surface area contributed by atoms with E-state index in [4.69, 9.17) is 9.47 Å². The van der Waals surface area contributed by atoms with Crippen molar-refractivity contribution < 1.29 is 14.6 Å². The van der Waals surface area contributed by atoms with Crippen LogP contribution in [0.1, 0.15) is 73.1 Å². The van der Waals surface area contributed by atoms with Gasteiger partial charge in [-0.2, -0.15) is 0 Å².